The van der Waals surface area contributed by atoms with Crippen LogP contribution >= 0.6 is 0 Å². The van der Waals surface area contributed by atoms with Gasteiger partial charge in [0.1, 0.15) is 6.10 Å². The molecule has 5 heteroatoms. The van der Waals surface area contributed by atoms with Gasteiger partial charge in [0.05, 0.1) is 4.90 Å². The number of unbranched alkanes of at least 4 members (excludes halogenated alkanes) is 2. The van der Waals surface area contributed by atoms with Crippen molar-refractivity contribution in [1.29, 1.82) is 0 Å². The number of hydrogen-bond donors (Lipinski definition) is 0. The lowest BCUT2D eigenvalue weighted by Gasteiger charge is -2.16. The topological polar surface area (TPSA) is 60.4 Å². The van der Waals surface area contributed by atoms with E-state index in [1.165, 1.54) is 12.1 Å². The Bertz CT molecular complexity index is 561. The van der Waals surface area contributed by atoms with Crippen LogP contribution < -0.4 is 0 Å². The number of ketones is 1. The van der Waals surface area contributed by atoms with Gasteiger partial charge >= 0.3 is 0 Å². The van der Waals surface area contributed by atoms with Crippen LogP contribution in [0.3, 0.4) is 0 Å². The fourth-order valence-electron chi connectivity index (χ4n) is 2.08. The first-order valence-corrected chi connectivity index (χ1v) is 9.34. The van der Waals surface area contributed by atoms with Crippen molar-refractivity contribution in [2.75, 3.05) is 0 Å². The summed E-state index contributed by atoms with van der Waals surface area (Å²) in [7, 11) is -3.90. The first kappa shape index (κ1) is 18.8. The lowest BCUT2D eigenvalue weighted by Crippen LogP contribution is -2.27. The zero-order valence-corrected chi connectivity index (χ0v) is 14.5. The molecule has 0 spiro atoms. The van der Waals surface area contributed by atoms with Crippen LogP contribution in [0, 0.1) is 6.92 Å². The molecule has 1 aromatic carbocycles. The molecule has 22 heavy (non-hydrogen) atoms. The molecule has 0 aromatic heterocycles. The summed E-state index contributed by atoms with van der Waals surface area (Å²) < 4.78 is 29.9. The maximum Gasteiger partial charge on any atom is 0.297 e. The zero-order chi connectivity index (χ0) is 16.6. The summed E-state index contributed by atoms with van der Waals surface area (Å²) in [6.45, 7) is 5.88. The minimum Gasteiger partial charge on any atom is -0.297 e. The number of hydrogen-bond acceptors (Lipinski definition) is 4. The van der Waals surface area contributed by atoms with E-state index in [2.05, 4.69) is 0 Å². The quantitative estimate of drug-likeness (QED) is 0.609. The predicted molar refractivity (Wildman–Crippen MR) is 87.3 cm³/mol. The predicted octanol–water partition coefficient (Wildman–Crippen LogP) is 4.02. The van der Waals surface area contributed by atoms with Crippen LogP contribution in [0.15, 0.2) is 29.2 Å². The molecule has 1 rings (SSSR count). The smallest absolute Gasteiger partial charge is 0.297 e. The fourth-order valence-corrected chi connectivity index (χ4v) is 3.17. The number of carbonyl (C=O) groups excluding carboxylic acids is 1. The van der Waals surface area contributed by atoms with Crippen molar-refractivity contribution in [3.05, 3.63) is 29.8 Å². The molecule has 124 valence electrons. The number of carbonyl (C=O) groups is 1. The van der Waals surface area contributed by atoms with Crippen molar-refractivity contribution in [2.45, 2.75) is 70.3 Å². The highest BCUT2D eigenvalue weighted by atomic mass is 32.2. The second-order valence-corrected chi connectivity index (χ2v) is 7.14. The molecule has 1 unspecified atom stereocenters. The van der Waals surface area contributed by atoms with Crippen molar-refractivity contribution in [2.24, 2.45) is 0 Å². The van der Waals surface area contributed by atoms with E-state index in [9.17, 15) is 13.2 Å². The van der Waals surface area contributed by atoms with Crippen molar-refractivity contribution in [3.8, 4) is 0 Å². The third kappa shape index (κ3) is 5.89. The Morgan fingerprint density at radius 2 is 1.68 bits per heavy atom. The van der Waals surface area contributed by atoms with Crippen LogP contribution in [0.5, 0.6) is 0 Å². The molecule has 0 saturated carbocycles. The second-order valence-electron chi connectivity index (χ2n) is 5.56. The molecular formula is C17H26O4S. The van der Waals surface area contributed by atoms with Crippen LogP contribution in [0.1, 0.15) is 57.9 Å². The Hall–Kier alpha value is -1.20. The molecule has 0 fully saturated rings. The lowest BCUT2D eigenvalue weighted by molar-refractivity contribution is -0.126. The van der Waals surface area contributed by atoms with Gasteiger partial charge in [-0.15, -0.1) is 0 Å². The third-order valence-corrected chi connectivity index (χ3v) is 4.84. The van der Waals surface area contributed by atoms with Gasteiger partial charge in [-0.1, -0.05) is 50.8 Å². The SMILES string of the molecule is CCCCC(=O)C(CCCC)OS(=O)(=O)c1ccc(C)cc1. The minimum absolute atomic E-state index is 0.0999. The van der Waals surface area contributed by atoms with Crippen molar-refractivity contribution < 1.29 is 17.4 Å². The minimum atomic E-state index is -3.90. The average Bonchev–Trinajstić information content (AvgIpc) is 2.49. The molecule has 4 nitrogen and oxygen atoms in total. The monoisotopic (exact) mass is 326 g/mol. The fraction of sp³-hybridized carbons (Fsp3) is 0.588. The first-order valence-electron chi connectivity index (χ1n) is 7.93. The molecule has 0 radical (unpaired) electrons. The summed E-state index contributed by atoms with van der Waals surface area (Å²) in [5.74, 6) is -0.119. The molecule has 0 saturated heterocycles. The van der Waals surface area contributed by atoms with E-state index < -0.39 is 16.2 Å². The number of aryl methyl sites for hydroxylation is 1. The van der Waals surface area contributed by atoms with E-state index in [0.717, 1.165) is 31.2 Å². The van der Waals surface area contributed by atoms with E-state index in [1.54, 1.807) is 12.1 Å². The normalized spacial score (nSPS) is 13.0. The molecule has 0 amide bonds. The highest BCUT2D eigenvalue weighted by Crippen LogP contribution is 2.19. The molecule has 0 aliphatic heterocycles. The number of rotatable bonds is 10. The third-order valence-electron chi connectivity index (χ3n) is 3.51. The van der Waals surface area contributed by atoms with Gasteiger partial charge in [0.15, 0.2) is 5.78 Å². The zero-order valence-electron chi connectivity index (χ0n) is 13.7. The largest absolute Gasteiger partial charge is 0.297 e. The van der Waals surface area contributed by atoms with Crippen LogP contribution in [-0.4, -0.2) is 20.3 Å². The maximum absolute atomic E-state index is 12.3. The molecule has 1 aromatic rings. The Kier molecular flexibility index (Phi) is 7.76. The summed E-state index contributed by atoms with van der Waals surface area (Å²) >= 11 is 0. The van der Waals surface area contributed by atoms with E-state index in [1.807, 2.05) is 20.8 Å². The van der Waals surface area contributed by atoms with Crippen LogP contribution in [0.25, 0.3) is 0 Å². The standard InChI is InChI=1S/C17H26O4S/c1-4-6-8-16(18)17(9-7-5-2)21-22(19,20)15-12-10-14(3)11-13-15/h10-13,17H,4-9H2,1-3H3. The van der Waals surface area contributed by atoms with Gasteiger partial charge in [0, 0.05) is 6.42 Å². The van der Waals surface area contributed by atoms with Gasteiger partial charge in [-0.2, -0.15) is 8.42 Å². The summed E-state index contributed by atoms with van der Waals surface area (Å²) in [6.07, 6.45) is 3.28. The van der Waals surface area contributed by atoms with Gasteiger partial charge in [-0.3, -0.25) is 8.98 Å². The Morgan fingerprint density at radius 1 is 1.09 bits per heavy atom. The Balaban J connectivity index is 2.86. The maximum atomic E-state index is 12.3. The van der Waals surface area contributed by atoms with E-state index >= 15 is 0 Å². The van der Waals surface area contributed by atoms with Gasteiger partial charge < -0.3 is 0 Å². The average molecular weight is 326 g/mol. The first-order chi connectivity index (χ1) is 10.4. The highest BCUT2D eigenvalue weighted by molar-refractivity contribution is 7.86. The molecule has 0 N–H and O–H groups in total. The highest BCUT2D eigenvalue weighted by Gasteiger charge is 2.26. The number of Topliss-reactive ketones (excluding diaryl/α,β-unsaturated/α-hetero) is 1. The van der Waals surface area contributed by atoms with Crippen LogP contribution in [-0.2, 0) is 19.1 Å². The molecular weight excluding hydrogens is 300 g/mol. The second kappa shape index (κ2) is 9.06. The molecule has 0 bridgehead atoms. The van der Waals surface area contributed by atoms with Crippen molar-refractivity contribution >= 4 is 15.9 Å². The van der Waals surface area contributed by atoms with Gasteiger partial charge in [0.25, 0.3) is 10.1 Å². The molecule has 0 aliphatic rings. The summed E-state index contributed by atoms with van der Waals surface area (Å²) in [6, 6.07) is 6.46. The summed E-state index contributed by atoms with van der Waals surface area (Å²) in [5, 5.41) is 0. The molecule has 0 heterocycles. The van der Waals surface area contributed by atoms with Crippen LogP contribution in [0.4, 0.5) is 0 Å². The molecule has 1 atom stereocenters. The summed E-state index contributed by atoms with van der Waals surface area (Å²) in [4.78, 5) is 12.3. The van der Waals surface area contributed by atoms with Gasteiger partial charge in [-0.25, -0.2) is 0 Å². The number of benzene rings is 1. The van der Waals surface area contributed by atoms with Gasteiger partial charge in [0.2, 0.25) is 0 Å². The van der Waals surface area contributed by atoms with Crippen molar-refractivity contribution in [1.82, 2.24) is 0 Å². The van der Waals surface area contributed by atoms with Crippen molar-refractivity contribution in [3.63, 3.8) is 0 Å². The Morgan fingerprint density at radius 3 is 2.23 bits per heavy atom. The van der Waals surface area contributed by atoms with Crippen LogP contribution in [0.2, 0.25) is 0 Å². The molecule has 0 aliphatic carbocycles. The van der Waals surface area contributed by atoms with E-state index in [4.69, 9.17) is 4.18 Å². The lowest BCUT2D eigenvalue weighted by atomic mass is 10.0. The Labute approximate surface area is 134 Å². The van der Waals surface area contributed by atoms with Gasteiger partial charge in [-0.05, 0) is 31.9 Å². The van der Waals surface area contributed by atoms with E-state index in [0.29, 0.717) is 12.8 Å². The summed E-state index contributed by atoms with van der Waals surface area (Å²) in [5.41, 5.74) is 0.973. The van der Waals surface area contributed by atoms with E-state index in [-0.39, 0.29) is 10.7 Å².